The smallest absolute Gasteiger partial charge is 0.126 e. The van der Waals surface area contributed by atoms with E-state index in [0.29, 0.717) is 17.0 Å². The van der Waals surface area contributed by atoms with E-state index in [1.807, 2.05) is 12.1 Å². The van der Waals surface area contributed by atoms with Gasteiger partial charge >= 0.3 is 0 Å². The van der Waals surface area contributed by atoms with Gasteiger partial charge in [0.25, 0.3) is 0 Å². The second-order valence-corrected chi connectivity index (χ2v) is 11.3. The maximum atomic E-state index is 10.2. The van der Waals surface area contributed by atoms with Crippen molar-refractivity contribution in [1.82, 2.24) is 0 Å². The van der Waals surface area contributed by atoms with Crippen molar-refractivity contribution in [3.05, 3.63) is 52.6 Å². The van der Waals surface area contributed by atoms with Gasteiger partial charge in [0.05, 0.1) is 43.9 Å². The molecule has 4 heteroatoms. The van der Waals surface area contributed by atoms with Crippen LogP contribution in [0.3, 0.4) is 0 Å². The lowest BCUT2D eigenvalue weighted by atomic mass is 10.1. The minimum atomic E-state index is -1.72. The van der Waals surface area contributed by atoms with Crippen LogP contribution in [-0.4, -0.2) is 28.1 Å². The molecule has 0 saturated heterocycles. The zero-order valence-electron chi connectivity index (χ0n) is 15.9. The molecule has 0 heterocycles. The average Bonchev–Trinajstić information content (AvgIpc) is 2.53. The fourth-order valence-corrected chi connectivity index (χ4v) is 7.63. The standard InChI is InChI=1S/C21H29O3P/c1-14(2)13-25(5,19-7-15(3)6-16(4)8-19)20-9-17(11-22)21(24)18(10-20)12-23/h6-10,14,22-23H,11-13H2,1-5H3/p+1. The van der Waals surface area contributed by atoms with E-state index in [4.69, 9.17) is 0 Å². The first-order valence-corrected chi connectivity index (χ1v) is 11.1. The normalized spacial score (nSPS) is 13.9. The lowest BCUT2D eigenvalue weighted by Crippen LogP contribution is -2.27. The Bertz CT molecular complexity index is 710. The molecule has 0 aliphatic heterocycles. The molecular formula is C21H30O3P+. The molecule has 3 N–H and O–H groups in total. The minimum Gasteiger partial charge on any atom is -0.507 e. The predicted molar refractivity (Wildman–Crippen MR) is 108 cm³/mol. The highest BCUT2D eigenvalue weighted by Gasteiger charge is 2.39. The molecule has 1 atom stereocenters. The molecule has 25 heavy (non-hydrogen) atoms. The number of phenols is 1. The van der Waals surface area contributed by atoms with Crippen molar-refractivity contribution in [2.45, 2.75) is 40.9 Å². The molecule has 0 amide bonds. The summed E-state index contributed by atoms with van der Waals surface area (Å²) in [5.74, 6) is 0.522. The first-order chi connectivity index (χ1) is 11.7. The van der Waals surface area contributed by atoms with Crippen LogP contribution in [0.5, 0.6) is 5.75 Å². The third-order valence-electron chi connectivity index (χ3n) is 4.67. The molecule has 3 nitrogen and oxygen atoms in total. The molecule has 2 rings (SSSR count). The van der Waals surface area contributed by atoms with Crippen LogP contribution >= 0.6 is 7.26 Å². The van der Waals surface area contributed by atoms with Crippen LogP contribution in [0.15, 0.2) is 30.3 Å². The minimum absolute atomic E-state index is 0.00488. The van der Waals surface area contributed by atoms with Gasteiger partial charge in [0.1, 0.15) is 5.75 Å². The fourth-order valence-electron chi connectivity index (χ4n) is 3.59. The van der Waals surface area contributed by atoms with Crippen LogP contribution in [0, 0.1) is 19.8 Å². The number of aromatic hydroxyl groups is 1. The third-order valence-corrected chi connectivity index (χ3v) is 8.93. The maximum Gasteiger partial charge on any atom is 0.126 e. The molecule has 2 aromatic rings. The first kappa shape index (κ1) is 19.9. The largest absolute Gasteiger partial charge is 0.507 e. The van der Waals surface area contributed by atoms with Gasteiger partial charge in [-0.3, -0.25) is 0 Å². The second kappa shape index (κ2) is 7.86. The maximum absolute atomic E-state index is 10.2. The van der Waals surface area contributed by atoms with E-state index in [2.05, 4.69) is 52.6 Å². The van der Waals surface area contributed by atoms with Gasteiger partial charge in [-0.2, -0.15) is 0 Å². The van der Waals surface area contributed by atoms with E-state index in [0.717, 1.165) is 11.5 Å². The van der Waals surface area contributed by atoms with Crippen molar-refractivity contribution in [2.24, 2.45) is 5.92 Å². The number of aliphatic hydroxyl groups is 2. The lowest BCUT2D eigenvalue weighted by Gasteiger charge is -2.27. The molecular weight excluding hydrogens is 331 g/mol. The van der Waals surface area contributed by atoms with E-state index < -0.39 is 7.26 Å². The van der Waals surface area contributed by atoms with Gasteiger partial charge < -0.3 is 15.3 Å². The van der Waals surface area contributed by atoms with Gasteiger partial charge in [0, 0.05) is 11.1 Å². The highest BCUT2D eigenvalue weighted by molar-refractivity contribution is 7.88. The summed E-state index contributed by atoms with van der Waals surface area (Å²) in [5, 5.41) is 31.9. The Balaban J connectivity index is 2.72. The summed E-state index contributed by atoms with van der Waals surface area (Å²) in [5.41, 5.74) is 3.46. The van der Waals surface area contributed by atoms with Crippen LogP contribution in [0.2, 0.25) is 0 Å². The Labute approximate surface area is 151 Å². The van der Waals surface area contributed by atoms with Crippen molar-refractivity contribution in [3.63, 3.8) is 0 Å². The van der Waals surface area contributed by atoms with Crippen LogP contribution in [0.4, 0.5) is 0 Å². The summed E-state index contributed by atoms with van der Waals surface area (Å²) in [7, 11) is -1.72. The van der Waals surface area contributed by atoms with Gasteiger partial charge in [-0.1, -0.05) is 19.9 Å². The summed E-state index contributed by atoms with van der Waals surface area (Å²) in [6.45, 7) is 10.5. The van der Waals surface area contributed by atoms with Crippen molar-refractivity contribution >= 4 is 17.9 Å². The van der Waals surface area contributed by atoms with Crippen LogP contribution in [0.25, 0.3) is 0 Å². The summed E-state index contributed by atoms with van der Waals surface area (Å²) in [6.07, 6.45) is 1.04. The third kappa shape index (κ3) is 4.23. The Morgan fingerprint density at radius 2 is 1.28 bits per heavy atom. The molecule has 0 spiro atoms. The quantitative estimate of drug-likeness (QED) is 0.692. The van der Waals surface area contributed by atoms with Gasteiger partial charge in [0.2, 0.25) is 0 Å². The SMILES string of the molecule is Cc1cc(C)cc([P+](C)(CC(C)C)c2cc(CO)c(O)c(CO)c2)c1. The molecule has 0 bridgehead atoms. The van der Waals surface area contributed by atoms with Crippen molar-refractivity contribution in [2.75, 3.05) is 12.8 Å². The average molecular weight is 361 g/mol. The molecule has 2 aromatic carbocycles. The molecule has 0 aliphatic carbocycles. The number of aliphatic hydroxyl groups excluding tert-OH is 2. The van der Waals surface area contributed by atoms with Crippen molar-refractivity contribution < 1.29 is 15.3 Å². The van der Waals surface area contributed by atoms with E-state index in [1.165, 1.54) is 16.4 Å². The van der Waals surface area contributed by atoms with E-state index in [-0.39, 0.29) is 19.0 Å². The number of hydrogen-bond acceptors (Lipinski definition) is 3. The van der Waals surface area contributed by atoms with Gasteiger partial charge in [-0.25, -0.2) is 0 Å². The lowest BCUT2D eigenvalue weighted by molar-refractivity contribution is 0.264. The molecule has 0 aliphatic rings. The van der Waals surface area contributed by atoms with Crippen LogP contribution in [-0.2, 0) is 13.2 Å². The van der Waals surface area contributed by atoms with Gasteiger partial charge in [-0.15, -0.1) is 0 Å². The molecule has 136 valence electrons. The Morgan fingerprint density at radius 3 is 1.68 bits per heavy atom. The zero-order chi connectivity index (χ0) is 18.8. The van der Waals surface area contributed by atoms with Crippen LogP contribution < -0.4 is 10.6 Å². The van der Waals surface area contributed by atoms with Crippen molar-refractivity contribution in [3.8, 4) is 5.75 Å². The highest BCUT2D eigenvalue weighted by atomic mass is 31.2. The monoisotopic (exact) mass is 361 g/mol. The molecule has 1 unspecified atom stereocenters. The summed E-state index contributed by atoms with van der Waals surface area (Å²) < 4.78 is 0. The zero-order valence-corrected chi connectivity index (χ0v) is 16.8. The van der Waals surface area contributed by atoms with Crippen LogP contribution in [0.1, 0.15) is 36.1 Å². The topological polar surface area (TPSA) is 60.7 Å². The molecule has 0 fully saturated rings. The van der Waals surface area contributed by atoms with E-state index in [1.54, 1.807) is 0 Å². The second-order valence-electron chi connectivity index (χ2n) is 7.54. The number of benzene rings is 2. The van der Waals surface area contributed by atoms with Gasteiger partial charge in [-0.05, 0) is 55.2 Å². The molecule has 0 saturated carbocycles. The van der Waals surface area contributed by atoms with Gasteiger partial charge in [0.15, 0.2) is 0 Å². The van der Waals surface area contributed by atoms with E-state index in [9.17, 15) is 15.3 Å². The molecule has 0 aromatic heterocycles. The summed E-state index contributed by atoms with van der Waals surface area (Å²) >= 11 is 0. The van der Waals surface area contributed by atoms with Crippen molar-refractivity contribution in [1.29, 1.82) is 0 Å². The number of rotatable bonds is 6. The summed E-state index contributed by atoms with van der Waals surface area (Å²) in [4.78, 5) is 0. The van der Waals surface area contributed by atoms with E-state index >= 15 is 0 Å². The number of hydrogen-bond donors (Lipinski definition) is 3. The Hall–Kier alpha value is -1.41. The Morgan fingerprint density at radius 1 is 0.840 bits per heavy atom. The highest BCUT2D eigenvalue weighted by Crippen LogP contribution is 2.55. The fraction of sp³-hybridized carbons (Fsp3) is 0.429. The molecule has 0 radical (unpaired) electrons. The number of aryl methyl sites for hydroxylation is 2. The summed E-state index contributed by atoms with van der Waals surface area (Å²) in [6, 6.07) is 10.5. The Kier molecular flexibility index (Phi) is 6.26. The first-order valence-electron chi connectivity index (χ1n) is 8.72. The predicted octanol–water partition coefficient (Wildman–Crippen LogP) is 3.25.